The van der Waals surface area contributed by atoms with Crippen molar-refractivity contribution in [2.75, 3.05) is 13.7 Å². The average Bonchev–Trinajstić information content (AvgIpc) is 3.32. The summed E-state index contributed by atoms with van der Waals surface area (Å²) in [5.74, 6) is 0.0369. The minimum atomic E-state index is -0.516. The Morgan fingerprint density at radius 1 is 1.22 bits per heavy atom. The van der Waals surface area contributed by atoms with Gasteiger partial charge in [0.25, 0.3) is 0 Å². The summed E-state index contributed by atoms with van der Waals surface area (Å²) in [7, 11) is 1.40. The van der Waals surface area contributed by atoms with Gasteiger partial charge >= 0.3 is 5.97 Å². The van der Waals surface area contributed by atoms with Gasteiger partial charge in [0.05, 0.1) is 25.4 Å². The standard InChI is InChI=1S/C28H45ClO6S/c1-20(9-6-14-24-16-17-26(36-24)28(32)33-3)25(29)19-23(35-27-15-4-5-18-34-27)13-8-12-22(31)11-7-10-21(2)30/h8,12,16-17,20-23,25,27,30-31H,4-7,9-11,13-15,18-19H2,1-3H3/b12-8+/t20-,21+,22-,23-,25+,27?/m0/s1. The van der Waals surface area contributed by atoms with Crippen LogP contribution in [0, 0.1) is 5.92 Å². The molecule has 1 unspecified atom stereocenters. The molecule has 1 aliphatic rings. The van der Waals surface area contributed by atoms with E-state index in [0.717, 1.165) is 58.0 Å². The van der Waals surface area contributed by atoms with Gasteiger partial charge in [0.15, 0.2) is 6.29 Å². The first-order chi connectivity index (χ1) is 17.3. The maximum absolute atomic E-state index is 11.6. The minimum Gasteiger partial charge on any atom is -0.465 e. The number of carbonyl (C=O) groups excluding carboxylic acids is 1. The molecule has 0 bridgehead atoms. The van der Waals surface area contributed by atoms with Crippen molar-refractivity contribution in [2.24, 2.45) is 5.92 Å². The summed E-state index contributed by atoms with van der Waals surface area (Å²) < 4.78 is 16.9. The topological polar surface area (TPSA) is 85.2 Å². The van der Waals surface area contributed by atoms with Crippen LogP contribution in [0.25, 0.3) is 0 Å². The van der Waals surface area contributed by atoms with Crippen molar-refractivity contribution >= 4 is 28.9 Å². The monoisotopic (exact) mass is 544 g/mol. The number of carbonyl (C=O) groups is 1. The number of aliphatic hydroxyl groups is 2. The maximum atomic E-state index is 11.6. The van der Waals surface area contributed by atoms with Gasteiger partial charge in [-0.15, -0.1) is 22.9 Å². The quantitative estimate of drug-likeness (QED) is 0.137. The van der Waals surface area contributed by atoms with Crippen LogP contribution in [-0.2, 0) is 20.6 Å². The van der Waals surface area contributed by atoms with E-state index in [1.165, 1.54) is 23.3 Å². The first kappa shape index (κ1) is 31.3. The predicted molar refractivity (Wildman–Crippen MR) is 146 cm³/mol. The Kier molecular flexibility index (Phi) is 15.2. The first-order valence-corrected chi connectivity index (χ1v) is 14.6. The largest absolute Gasteiger partial charge is 0.465 e. The van der Waals surface area contributed by atoms with Crippen molar-refractivity contribution in [3.05, 3.63) is 34.0 Å². The molecule has 0 spiro atoms. The van der Waals surface area contributed by atoms with E-state index in [1.807, 2.05) is 24.3 Å². The highest BCUT2D eigenvalue weighted by Gasteiger charge is 2.24. The van der Waals surface area contributed by atoms with E-state index >= 15 is 0 Å². The summed E-state index contributed by atoms with van der Waals surface area (Å²) in [6, 6.07) is 3.82. The summed E-state index contributed by atoms with van der Waals surface area (Å²) in [5.41, 5.74) is 0. The van der Waals surface area contributed by atoms with Gasteiger partial charge in [-0.25, -0.2) is 4.79 Å². The fraction of sp³-hybridized carbons (Fsp3) is 0.750. The third-order valence-electron chi connectivity index (χ3n) is 6.60. The van der Waals surface area contributed by atoms with Gasteiger partial charge in [0.1, 0.15) is 4.88 Å². The van der Waals surface area contributed by atoms with Gasteiger partial charge in [-0.1, -0.05) is 19.1 Å². The number of ether oxygens (including phenoxy) is 3. The fourth-order valence-electron chi connectivity index (χ4n) is 4.33. The van der Waals surface area contributed by atoms with Crippen LogP contribution in [0.3, 0.4) is 0 Å². The van der Waals surface area contributed by atoms with E-state index in [4.69, 9.17) is 25.8 Å². The van der Waals surface area contributed by atoms with E-state index in [2.05, 4.69) is 6.92 Å². The molecule has 1 aliphatic heterocycles. The number of hydrogen-bond donors (Lipinski definition) is 2. The molecule has 2 heterocycles. The van der Waals surface area contributed by atoms with Gasteiger partial charge in [-0.3, -0.25) is 0 Å². The molecular formula is C28H45ClO6S. The first-order valence-electron chi connectivity index (χ1n) is 13.4. The smallest absolute Gasteiger partial charge is 0.348 e. The molecule has 2 N–H and O–H groups in total. The molecule has 1 fully saturated rings. The number of hydrogen-bond acceptors (Lipinski definition) is 7. The van der Waals surface area contributed by atoms with Crippen LogP contribution in [0.4, 0.5) is 0 Å². The number of methoxy groups -OCH3 is 1. The minimum absolute atomic E-state index is 0.0306. The zero-order valence-corrected chi connectivity index (χ0v) is 23.6. The molecule has 0 saturated carbocycles. The summed E-state index contributed by atoms with van der Waals surface area (Å²) in [4.78, 5) is 13.5. The highest BCUT2D eigenvalue weighted by molar-refractivity contribution is 7.13. The molecule has 1 aromatic heterocycles. The molecule has 36 heavy (non-hydrogen) atoms. The van der Waals surface area contributed by atoms with E-state index in [1.54, 1.807) is 6.92 Å². The second-order valence-electron chi connectivity index (χ2n) is 9.94. The molecular weight excluding hydrogens is 500 g/mol. The van der Waals surface area contributed by atoms with Crippen LogP contribution < -0.4 is 0 Å². The Bertz CT molecular complexity index is 761. The highest BCUT2D eigenvalue weighted by atomic mass is 35.5. The number of halogens is 1. The van der Waals surface area contributed by atoms with E-state index in [0.29, 0.717) is 30.1 Å². The van der Waals surface area contributed by atoms with Gasteiger partial charge in [-0.05, 0) is 95.6 Å². The SMILES string of the molecule is COC(=O)c1ccc(CCC[C@H](C)[C@H](Cl)C[C@H](C/C=C/[C@@H](O)CCC[C@@H](C)O)OC2CCCCO2)s1. The van der Waals surface area contributed by atoms with Crippen LogP contribution in [0.2, 0.25) is 0 Å². The second kappa shape index (κ2) is 17.5. The molecule has 8 heteroatoms. The Morgan fingerprint density at radius 2 is 2.03 bits per heavy atom. The van der Waals surface area contributed by atoms with Crippen LogP contribution in [0.15, 0.2) is 24.3 Å². The molecule has 6 atom stereocenters. The van der Waals surface area contributed by atoms with Crippen molar-refractivity contribution < 1.29 is 29.2 Å². The molecule has 2 rings (SSSR count). The lowest BCUT2D eigenvalue weighted by atomic mass is 9.95. The Hall–Kier alpha value is -0.960. The molecule has 0 radical (unpaired) electrons. The Labute approximate surface area is 226 Å². The lowest BCUT2D eigenvalue weighted by Crippen LogP contribution is -2.30. The third kappa shape index (κ3) is 12.5. The van der Waals surface area contributed by atoms with Crippen molar-refractivity contribution in [1.29, 1.82) is 0 Å². The number of aryl methyl sites for hydroxylation is 1. The highest BCUT2D eigenvalue weighted by Crippen LogP contribution is 2.27. The van der Waals surface area contributed by atoms with Crippen LogP contribution in [0.5, 0.6) is 0 Å². The molecule has 0 aromatic carbocycles. The predicted octanol–water partition coefficient (Wildman–Crippen LogP) is 6.26. The summed E-state index contributed by atoms with van der Waals surface area (Å²) in [5, 5.41) is 19.6. The molecule has 1 aromatic rings. The van der Waals surface area contributed by atoms with E-state index in [-0.39, 0.29) is 29.8 Å². The van der Waals surface area contributed by atoms with Gasteiger partial charge < -0.3 is 24.4 Å². The fourth-order valence-corrected chi connectivity index (χ4v) is 5.62. The number of aliphatic hydroxyl groups excluding tert-OH is 2. The number of thiophene rings is 1. The van der Waals surface area contributed by atoms with Crippen molar-refractivity contribution in [3.63, 3.8) is 0 Å². The lowest BCUT2D eigenvalue weighted by molar-refractivity contribution is -0.188. The number of alkyl halides is 1. The van der Waals surface area contributed by atoms with Gasteiger partial charge in [0, 0.05) is 16.9 Å². The second-order valence-corrected chi connectivity index (χ2v) is 11.7. The van der Waals surface area contributed by atoms with Crippen molar-refractivity contribution in [3.8, 4) is 0 Å². The van der Waals surface area contributed by atoms with Crippen LogP contribution in [-0.4, -0.2) is 59.9 Å². The number of rotatable bonds is 17. The van der Waals surface area contributed by atoms with E-state index < -0.39 is 6.10 Å². The molecule has 206 valence electrons. The molecule has 6 nitrogen and oxygen atoms in total. The maximum Gasteiger partial charge on any atom is 0.348 e. The molecule has 0 aliphatic carbocycles. The zero-order chi connectivity index (χ0) is 26.3. The number of esters is 1. The van der Waals surface area contributed by atoms with Gasteiger partial charge in [-0.2, -0.15) is 0 Å². The third-order valence-corrected chi connectivity index (χ3v) is 8.33. The average molecular weight is 545 g/mol. The summed E-state index contributed by atoms with van der Waals surface area (Å²) in [6.45, 7) is 4.68. The summed E-state index contributed by atoms with van der Waals surface area (Å²) >= 11 is 8.34. The Balaban J connectivity index is 1.81. The molecule has 1 saturated heterocycles. The summed E-state index contributed by atoms with van der Waals surface area (Å²) in [6.07, 6.45) is 12.2. The van der Waals surface area contributed by atoms with Crippen molar-refractivity contribution in [1.82, 2.24) is 0 Å². The zero-order valence-electron chi connectivity index (χ0n) is 22.1. The Morgan fingerprint density at radius 3 is 2.72 bits per heavy atom. The van der Waals surface area contributed by atoms with Crippen LogP contribution in [0.1, 0.15) is 92.6 Å². The van der Waals surface area contributed by atoms with Crippen molar-refractivity contribution in [2.45, 2.75) is 114 Å². The van der Waals surface area contributed by atoms with E-state index in [9.17, 15) is 15.0 Å². The lowest BCUT2D eigenvalue weighted by Gasteiger charge is -2.29. The molecule has 0 amide bonds. The van der Waals surface area contributed by atoms with Crippen LogP contribution >= 0.6 is 22.9 Å². The van der Waals surface area contributed by atoms with Gasteiger partial charge in [0.2, 0.25) is 0 Å². The normalized spacial score (nSPS) is 20.7.